The predicted molar refractivity (Wildman–Crippen MR) is 96.4 cm³/mol. The van der Waals surface area contributed by atoms with Gasteiger partial charge in [-0.2, -0.15) is 17.0 Å². The molecule has 0 amide bonds. The summed E-state index contributed by atoms with van der Waals surface area (Å²) in [5, 5.41) is 30.6. The van der Waals surface area contributed by atoms with Crippen molar-refractivity contribution in [2.75, 3.05) is 32.7 Å². The van der Waals surface area contributed by atoms with Gasteiger partial charge in [0.15, 0.2) is 0 Å². The smallest absolute Gasteiger partial charge is 0.451 e. The van der Waals surface area contributed by atoms with E-state index in [1.54, 1.807) is 6.92 Å². The van der Waals surface area contributed by atoms with E-state index < -0.39 is 34.8 Å². The Morgan fingerprint density at radius 2 is 2.15 bits per heavy atom. The number of hydrogen-bond donors (Lipinski definition) is 5. The number of hydrogen-bond acceptors (Lipinski definition) is 7. The van der Waals surface area contributed by atoms with Crippen LogP contribution in [0.5, 0.6) is 0 Å². The minimum Gasteiger partial charge on any atom is -0.480 e. The van der Waals surface area contributed by atoms with E-state index in [4.69, 9.17) is 15.8 Å². The first-order valence-electron chi connectivity index (χ1n) is 8.99. The number of rotatable bonds is 9. The van der Waals surface area contributed by atoms with Gasteiger partial charge in [0.25, 0.3) is 10.2 Å². The van der Waals surface area contributed by atoms with Crippen LogP contribution in [0.25, 0.3) is 0 Å². The number of aliphatic carboxylic acids is 1. The Morgan fingerprint density at radius 3 is 2.65 bits per heavy atom. The highest BCUT2D eigenvalue weighted by molar-refractivity contribution is 7.86. The zero-order valence-corrected chi connectivity index (χ0v) is 15.9. The van der Waals surface area contributed by atoms with Crippen LogP contribution in [0.3, 0.4) is 0 Å². The summed E-state index contributed by atoms with van der Waals surface area (Å²) in [7, 11) is -5.30. The molecule has 0 bridgehead atoms. The van der Waals surface area contributed by atoms with Gasteiger partial charge < -0.3 is 26.2 Å². The highest BCUT2D eigenvalue weighted by atomic mass is 32.2. The second kappa shape index (κ2) is 8.51. The number of carbonyl (C=O) groups is 1. The van der Waals surface area contributed by atoms with Crippen molar-refractivity contribution in [3.8, 4) is 0 Å². The Balaban J connectivity index is 2.17. The molecule has 0 spiro atoms. The van der Waals surface area contributed by atoms with Gasteiger partial charge in [0.05, 0.1) is 0 Å². The lowest BCUT2D eigenvalue weighted by Crippen LogP contribution is -2.56. The summed E-state index contributed by atoms with van der Waals surface area (Å²) in [5.74, 6) is -1.83. The quantitative estimate of drug-likeness (QED) is 0.279. The van der Waals surface area contributed by atoms with Crippen LogP contribution in [0.15, 0.2) is 0 Å². The highest BCUT2D eigenvalue weighted by Crippen LogP contribution is 2.33. The van der Waals surface area contributed by atoms with Gasteiger partial charge >= 0.3 is 13.1 Å². The molecule has 0 radical (unpaired) electrons. The largest absolute Gasteiger partial charge is 0.480 e. The summed E-state index contributed by atoms with van der Waals surface area (Å²) in [6.07, 6.45) is 1.47. The van der Waals surface area contributed by atoms with Crippen molar-refractivity contribution in [1.82, 2.24) is 13.9 Å². The zero-order valence-electron chi connectivity index (χ0n) is 15.0. The minimum absolute atomic E-state index is 0.0172. The van der Waals surface area contributed by atoms with Crippen LogP contribution < -0.4 is 11.1 Å². The van der Waals surface area contributed by atoms with E-state index in [1.165, 1.54) is 8.61 Å². The molecule has 12 heteroatoms. The first kappa shape index (κ1) is 21.5. The van der Waals surface area contributed by atoms with Crippen LogP contribution in [-0.2, 0) is 15.0 Å². The molecule has 6 N–H and O–H groups in total. The molecule has 0 aromatic heterocycles. The molecule has 2 saturated heterocycles. The van der Waals surface area contributed by atoms with Gasteiger partial charge in [-0.05, 0) is 25.7 Å². The normalized spacial score (nSPS) is 30.2. The van der Waals surface area contributed by atoms with Crippen LogP contribution in [-0.4, -0.2) is 89.6 Å². The molecule has 2 heterocycles. The first-order valence-corrected chi connectivity index (χ1v) is 10.4. The molecular formula is C14H29BN4O6S. The molecule has 26 heavy (non-hydrogen) atoms. The molecule has 2 fully saturated rings. The predicted octanol–water partition coefficient (Wildman–Crippen LogP) is -2.12. The van der Waals surface area contributed by atoms with Gasteiger partial charge in [-0.3, -0.25) is 4.79 Å². The standard InChI is InChI=1S/C14H29BN4O6S/c1-2-19(12-5-7-17-8-12)26(24,25)18-9-11(4-3-6-15(22)23)14(16,10-18)13(20)21/h11-12,17,22-23H,2-10,16H2,1H3,(H,20,21)/t11-,12-,14-/m0/s1. The Kier molecular flexibility index (Phi) is 7.05. The third-order valence-electron chi connectivity index (χ3n) is 5.38. The molecular weight excluding hydrogens is 363 g/mol. The van der Waals surface area contributed by atoms with Gasteiger partial charge in [-0.15, -0.1) is 0 Å². The van der Waals surface area contributed by atoms with Crippen molar-refractivity contribution in [1.29, 1.82) is 0 Å². The van der Waals surface area contributed by atoms with E-state index >= 15 is 0 Å². The van der Waals surface area contributed by atoms with E-state index in [1.807, 2.05) is 0 Å². The first-order chi connectivity index (χ1) is 12.1. The van der Waals surface area contributed by atoms with Gasteiger partial charge in [0, 0.05) is 38.1 Å². The highest BCUT2D eigenvalue weighted by Gasteiger charge is 2.53. The van der Waals surface area contributed by atoms with Crippen molar-refractivity contribution in [2.24, 2.45) is 11.7 Å². The minimum atomic E-state index is -3.83. The molecule has 3 atom stereocenters. The van der Waals surface area contributed by atoms with Gasteiger partial charge in [-0.25, -0.2) is 0 Å². The van der Waals surface area contributed by atoms with Crippen LogP contribution >= 0.6 is 0 Å². The summed E-state index contributed by atoms with van der Waals surface area (Å²) in [6.45, 7) is 3.12. The number of carboxylic acid groups (broad SMARTS) is 1. The summed E-state index contributed by atoms with van der Waals surface area (Å²) in [5.41, 5.74) is 4.40. The Labute approximate surface area is 154 Å². The van der Waals surface area contributed by atoms with E-state index in [9.17, 15) is 18.3 Å². The zero-order chi connectivity index (χ0) is 19.5. The maximum atomic E-state index is 13.1. The number of carboxylic acids is 1. The number of nitrogens with zero attached hydrogens (tertiary/aromatic N) is 2. The summed E-state index contributed by atoms with van der Waals surface area (Å²) < 4.78 is 28.8. The summed E-state index contributed by atoms with van der Waals surface area (Å²) >= 11 is 0. The average molecular weight is 392 g/mol. The Bertz CT molecular complexity index is 600. The third-order valence-corrected chi connectivity index (χ3v) is 7.46. The van der Waals surface area contributed by atoms with Crippen molar-refractivity contribution >= 4 is 23.3 Å². The van der Waals surface area contributed by atoms with E-state index in [0.29, 0.717) is 32.4 Å². The molecule has 0 aliphatic carbocycles. The topological polar surface area (TPSA) is 156 Å². The lowest BCUT2D eigenvalue weighted by Gasteiger charge is -2.31. The van der Waals surface area contributed by atoms with Crippen molar-refractivity contribution in [3.05, 3.63) is 0 Å². The van der Waals surface area contributed by atoms with Crippen LogP contribution in [0.1, 0.15) is 26.2 Å². The van der Waals surface area contributed by atoms with E-state index in [0.717, 1.165) is 6.54 Å². The van der Waals surface area contributed by atoms with Crippen molar-refractivity contribution in [3.63, 3.8) is 0 Å². The van der Waals surface area contributed by atoms with Gasteiger partial charge in [-0.1, -0.05) is 13.3 Å². The molecule has 2 aliphatic rings. The SMILES string of the molecule is CCN([C@H]1CCNC1)S(=O)(=O)N1C[C@H](CCCB(O)O)[C@](N)(C(=O)O)C1. The molecule has 0 aromatic carbocycles. The van der Waals surface area contributed by atoms with Crippen molar-refractivity contribution < 1.29 is 28.4 Å². The second-order valence-corrected chi connectivity index (χ2v) is 8.99. The molecule has 0 unspecified atom stereocenters. The monoisotopic (exact) mass is 392 g/mol. The number of nitrogens with one attached hydrogen (secondary N) is 1. The molecule has 0 aromatic rings. The number of nitrogens with two attached hydrogens (primary N) is 1. The van der Waals surface area contributed by atoms with Crippen LogP contribution in [0, 0.1) is 5.92 Å². The molecule has 150 valence electrons. The summed E-state index contributed by atoms with van der Waals surface area (Å²) in [6, 6.07) is -0.148. The third kappa shape index (κ3) is 4.38. The molecule has 10 nitrogen and oxygen atoms in total. The average Bonchev–Trinajstić information content (AvgIpc) is 3.17. The Hall–Kier alpha value is -0.755. The van der Waals surface area contributed by atoms with Crippen LogP contribution in [0.2, 0.25) is 6.32 Å². The summed E-state index contributed by atoms with van der Waals surface area (Å²) in [4.78, 5) is 11.7. The molecule has 2 rings (SSSR count). The van der Waals surface area contributed by atoms with Crippen molar-refractivity contribution in [2.45, 2.75) is 44.1 Å². The lowest BCUT2D eigenvalue weighted by molar-refractivity contribution is -0.144. The molecule has 0 saturated carbocycles. The molecule has 2 aliphatic heterocycles. The number of likely N-dealkylation sites (N-methyl/N-ethyl adjacent to an activating group) is 1. The van der Waals surface area contributed by atoms with E-state index in [-0.39, 0.29) is 25.5 Å². The van der Waals surface area contributed by atoms with E-state index in [2.05, 4.69) is 5.32 Å². The van der Waals surface area contributed by atoms with Gasteiger partial charge in [0.1, 0.15) is 5.54 Å². The Morgan fingerprint density at radius 1 is 1.46 bits per heavy atom. The fraction of sp³-hybridized carbons (Fsp3) is 0.929. The maximum Gasteiger partial charge on any atom is 0.451 e. The second-order valence-electron chi connectivity index (χ2n) is 7.10. The maximum absolute atomic E-state index is 13.1. The van der Waals surface area contributed by atoms with Gasteiger partial charge in [0.2, 0.25) is 0 Å². The lowest BCUT2D eigenvalue weighted by atomic mass is 9.78. The van der Waals surface area contributed by atoms with Crippen LogP contribution in [0.4, 0.5) is 0 Å². The fourth-order valence-corrected chi connectivity index (χ4v) is 5.78. The fourth-order valence-electron chi connectivity index (χ4n) is 3.85.